The van der Waals surface area contributed by atoms with E-state index in [0.717, 1.165) is 12.0 Å². The number of nitrogens with two attached hydrogens (primary N) is 1. The van der Waals surface area contributed by atoms with Gasteiger partial charge in [-0.3, -0.25) is 0 Å². The molecule has 0 amide bonds. The molecule has 0 aliphatic heterocycles. The van der Waals surface area contributed by atoms with Gasteiger partial charge in [-0.25, -0.2) is 4.98 Å². The molecule has 0 fully saturated rings. The van der Waals surface area contributed by atoms with Crippen molar-refractivity contribution in [3.63, 3.8) is 0 Å². The lowest BCUT2D eigenvalue weighted by atomic mass is 10.1. The maximum absolute atomic E-state index is 6.19. The van der Waals surface area contributed by atoms with Gasteiger partial charge in [-0.05, 0) is 35.9 Å². The zero-order chi connectivity index (χ0) is 12.3. The summed E-state index contributed by atoms with van der Waals surface area (Å²) in [4.78, 5) is 5.43. The highest BCUT2D eigenvalue weighted by atomic mass is 32.1. The molecule has 0 aliphatic rings. The Hall–Kier alpha value is -1.39. The number of aryl methyl sites for hydroxylation is 1. The van der Waals surface area contributed by atoms with E-state index in [1.807, 2.05) is 18.3 Å². The summed E-state index contributed by atoms with van der Waals surface area (Å²) in [6, 6.07) is 6.02. The number of rotatable bonds is 4. The van der Waals surface area contributed by atoms with Crippen molar-refractivity contribution < 1.29 is 4.74 Å². The summed E-state index contributed by atoms with van der Waals surface area (Å²) in [6.45, 7) is 2.10. The number of pyridine rings is 1. The quantitative estimate of drug-likeness (QED) is 0.905. The molecule has 0 bridgehead atoms. The van der Waals surface area contributed by atoms with Crippen LogP contribution in [-0.4, -0.2) is 12.1 Å². The largest absolute Gasteiger partial charge is 0.481 e. The van der Waals surface area contributed by atoms with Crippen molar-refractivity contribution in [1.82, 2.24) is 4.98 Å². The second-order valence-electron chi connectivity index (χ2n) is 3.99. The molecule has 3 nitrogen and oxygen atoms in total. The highest BCUT2D eigenvalue weighted by molar-refractivity contribution is 7.10. The first kappa shape index (κ1) is 12.1. The van der Waals surface area contributed by atoms with Crippen molar-refractivity contribution in [3.8, 4) is 5.88 Å². The molecule has 0 aromatic carbocycles. The summed E-state index contributed by atoms with van der Waals surface area (Å²) in [5.41, 5.74) is 8.59. The van der Waals surface area contributed by atoms with E-state index in [1.165, 1.54) is 10.4 Å². The maximum Gasteiger partial charge on any atom is 0.212 e. The van der Waals surface area contributed by atoms with Gasteiger partial charge in [0.2, 0.25) is 5.88 Å². The van der Waals surface area contributed by atoms with E-state index in [2.05, 4.69) is 23.4 Å². The molecule has 2 heterocycles. The van der Waals surface area contributed by atoms with Gasteiger partial charge in [0.05, 0.1) is 7.11 Å². The molecule has 2 aromatic heterocycles. The monoisotopic (exact) mass is 248 g/mol. The normalized spacial score (nSPS) is 12.4. The van der Waals surface area contributed by atoms with Crippen molar-refractivity contribution in [3.05, 3.63) is 45.8 Å². The van der Waals surface area contributed by atoms with Crippen LogP contribution in [0.15, 0.2) is 29.8 Å². The van der Waals surface area contributed by atoms with Crippen molar-refractivity contribution in [1.29, 1.82) is 0 Å². The van der Waals surface area contributed by atoms with Crippen LogP contribution in [0.5, 0.6) is 5.88 Å². The molecule has 2 aromatic rings. The van der Waals surface area contributed by atoms with Crippen LogP contribution in [0.1, 0.15) is 22.0 Å². The minimum absolute atomic E-state index is 0.0465. The van der Waals surface area contributed by atoms with E-state index in [0.29, 0.717) is 5.88 Å². The van der Waals surface area contributed by atoms with Crippen LogP contribution < -0.4 is 10.5 Å². The van der Waals surface area contributed by atoms with Gasteiger partial charge in [-0.15, -0.1) is 11.3 Å². The van der Waals surface area contributed by atoms with Crippen LogP contribution in [0, 0.1) is 6.92 Å². The molecule has 0 spiro atoms. The summed E-state index contributed by atoms with van der Waals surface area (Å²) >= 11 is 1.71. The number of ether oxygens (including phenoxy) is 1. The lowest BCUT2D eigenvalue weighted by Crippen LogP contribution is -2.13. The van der Waals surface area contributed by atoms with Gasteiger partial charge in [-0.1, -0.05) is 6.07 Å². The first-order valence-electron chi connectivity index (χ1n) is 5.49. The Kier molecular flexibility index (Phi) is 3.76. The summed E-state index contributed by atoms with van der Waals surface area (Å²) in [5.74, 6) is 0.634. The molecule has 0 saturated heterocycles. The van der Waals surface area contributed by atoms with E-state index < -0.39 is 0 Å². The number of hydrogen-bond acceptors (Lipinski definition) is 4. The molecule has 2 rings (SSSR count). The molecular weight excluding hydrogens is 232 g/mol. The minimum Gasteiger partial charge on any atom is -0.481 e. The lowest BCUT2D eigenvalue weighted by molar-refractivity contribution is 0.397. The van der Waals surface area contributed by atoms with E-state index in [1.54, 1.807) is 18.4 Å². The third-order valence-electron chi connectivity index (χ3n) is 2.70. The Morgan fingerprint density at radius 1 is 1.41 bits per heavy atom. The van der Waals surface area contributed by atoms with Crippen molar-refractivity contribution in [2.24, 2.45) is 5.73 Å². The molecule has 1 unspecified atom stereocenters. The Labute approximate surface area is 105 Å². The Morgan fingerprint density at radius 3 is 2.76 bits per heavy atom. The first-order chi connectivity index (χ1) is 8.20. The molecule has 0 radical (unpaired) electrons. The third-order valence-corrected chi connectivity index (χ3v) is 3.85. The predicted molar refractivity (Wildman–Crippen MR) is 70.5 cm³/mol. The van der Waals surface area contributed by atoms with Gasteiger partial charge in [0.1, 0.15) is 0 Å². The van der Waals surface area contributed by atoms with Crippen LogP contribution >= 0.6 is 11.3 Å². The number of methoxy groups -OCH3 is 1. The van der Waals surface area contributed by atoms with Crippen LogP contribution in [0.25, 0.3) is 0 Å². The summed E-state index contributed by atoms with van der Waals surface area (Å²) in [6.07, 6.45) is 2.62. The van der Waals surface area contributed by atoms with Crippen LogP contribution in [0.2, 0.25) is 0 Å². The first-order valence-corrected chi connectivity index (χ1v) is 6.37. The SMILES string of the molecule is COc1ccc(CC(N)c2sccc2C)cn1. The number of nitrogens with zero attached hydrogens (tertiary/aromatic N) is 1. The molecule has 2 N–H and O–H groups in total. The average Bonchev–Trinajstić information content (AvgIpc) is 2.76. The zero-order valence-electron chi connectivity index (χ0n) is 10.0. The Balaban J connectivity index is 2.07. The molecular formula is C13H16N2OS. The summed E-state index contributed by atoms with van der Waals surface area (Å²) in [7, 11) is 1.61. The fraction of sp³-hybridized carbons (Fsp3) is 0.308. The predicted octanol–water partition coefficient (Wildman–Crippen LogP) is 2.70. The summed E-state index contributed by atoms with van der Waals surface area (Å²) in [5, 5.41) is 2.08. The van der Waals surface area contributed by atoms with Crippen LogP contribution in [-0.2, 0) is 6.42 Å². The van der Waals surface area contributed by atoms with E-state index in [4.69, 9.17) is 10.5 Å². The molecule has 1 atom stereocenters. The molecule has 90 valence electrons. The smallest absolute Gasteiger partial charge is 0.212 e. The average molecular weight is 248 g/mol. The van der Waals surface area contributed by atoms with E-state index >= 15 is 0 Å². The topological polar surface area (TPSA) is 48.1 Å². The van der Waals surface area contributed by atoms with Gasteiger partial charge in [0.15, 0.2) is 0 Å². The highest BCUT2D eigenvalue weighted by Crippen LogP contribution is 2.25. The number of hydrogen-bond donors (Lipinski definition) is 1. The van der Waals surface area contributed by atoms with E-state index in [-0.39, 0.29) is 6.04 Å². The highest BCUT2D eigenvalue weighted by Gasteiger charge is 2.11. The van der Waals surface area contributed by atoms with Crippen molar-refractivity contribution >= 4 is 11.3 Å². The number of thiophene rings is 1. The molecule has 4 heteroatoms. The van der Waals surface area contributed by atoms with E-state index in [9.17, 15) is 0 Å². The van der Waals surface area contributed by atoms with Gasteiger partial charge < -0.3 is 10.5 Å². The van der Waals surface area contributed by atoms with Gasteiger partial charge in [0, 0.05) is 23.2 Å². The third kappa shape index (κ3) is 2.84. The minimum atomic E-state index is 0.0465. The second kappa shape index (κ2) is 5.29. The number of aromatic nitrogens is 1. The van der Waals surface area contributed by atoms with Gasteiger partial charge in [-0.2, -0.15) is 0 Å². The lowest BCUT2D eigenvalue weighted by Gasteiger charge is -2.11. The maximum atomic E-state index is 6.19. The standard InChI is InChI=1S/C13H16N2OS/c1-9-5-6-17-13(9)11(14)7-10-3-4-12(16-2)15-8-10/h3-6,8,11H,7,14H2,1-2H3. The van der Waals surface area contributed by atoms with Crippen molar-refractivity contribution in [2.75, 3.05) is 7.11 Å². The Morgan fingerprint density at radius 2 is 2.24 bits per heavy atom. The molecule has 0 saturated carbocycles. The zero-order valence-corrected chi connectivity index (χ0v) is 10.8. The van der Waals surface area contributed by atoms with Crippen LogP contribution in [0.3, 0.4) is 0 Å². The van der Waals surface area contributed by atoms with Crippen LogP contribution in [0.4, 0.5) is 0 Å². The van der Waals surface area contributed by atoms with Gasteiger partial charge >= 0.3 is 0 Å². The van der Waals surface area contributed by atoms with Gasteiger partial charge in [0.25, 0.3) is 0 Å². The summed E-state index contributed by atoms with van der Waals surface area (Å²) < 4.78 is 5.03. The fourth-order valence-corrected chi connectivity index (χ4v) is 2.69. The Bertz CT molecular complexity index is 478. The van der Waals surface area contributed by atoms with Crippen molar-refractivity contribution in [2.45, 2.75) is 19.4 Å². The molecule has 17 heavy (non-hydrogen) atoms. The second-order valence-corrected chi connectivity index (χ2v) is 4.93. The fourth-order valence-electron chi connectivity index (χ4n) is 1.76. The molecule has 0 aliphatic carbocycles.